The average molecular weight is 1260 g/mol. The fraction of sp³-hybridized carbons (Fsp3) is 0.0500. The number of benzene rings is 12. The maximum atomic E-state index is 15.3. The van der Waals surface area contributed by atoms with Gasteiger partial charge in [0.05, 0.1) is 31.8 Å². The number of hydrogen-bond acceptors (Lipinski definition) is 9. The third-order valence-electron chi connectivity index (χ3n) is 17.1. The van der Waals surface area contributed by atoms with Gasteiger partial charge in [-0.1, -0.05) is 176 Å². The first-order valence-corrected chi connectivity index (χ1v) is 35.3. The van der Waals surface area contributed by atoms with E-state index in [4.69, 9.17) is 27.8 Å². The van der Waals surface area contributed by atoms with Gasteiger partial charge in [0, 0.05) is 29.5 Å². The summed E-state index contributed by atoms with van der Waals surface area (Å²) in [7, 11) is -10.7. The Balaban J connectivity index is 0.782. The molecule has 92 heavy (non-hydrogen) atoms. The summed E-state index contributed by atoms with van der Waals surface area (Å²) in [5.74, 6) is 5.28. The smallest absolute Gasteiger partial charge is 0.307 e. The van der Waals surface area contributed by atoms with Crippen LogP contribution in [0.1, 0.15) is 33.4 Å². The van der Waals surface area contributed by atoms with Crippen LogP contribution < -0.4 is 59.6 Å². The van der Waals surface area contributed by atoms with Crippen molar-refractivity contribution in [3.8, 4) is 85.1 Å². The van der Waals surface area contributed by atoms with Crippen molar-refractivity contribution in [2.45, 2.75) is 25.7 Å². The highest BCUT2D eigenvalue weighted by Crippen LogP contribution is 2.57. The lowest BCUT2D eigenvalue weighted by atomic mass is 9.94. The van der Waals surface area contributed by atoms with E-state index in [1.54, 1.807) is 0 Å². The molecule has 0 aromatic heterocycles. The minimum atomic E-state index is -3.61. The molecular weight excluding hydrogens is 1200 g/mol. The molecular formula is C80H59O9P3. The topological polar surface area (TPSA) is 107 Å². The van der Waals surface area contributed by atoms with Gasteiger partial charge in [0.25, 0.3) is 0 Å². The summed E-state index contributed by atoms with van der Waals surface area (Å²) in [4.78, 5) is 0. The van der Waals surface area contributed by atoms with Crippen molar-refractivity contribution in [1.29, 1.82) is 0 Å². The normalized spacial score (nSPS) is 17.0. The number of para-hydroxylation sites is 6. The average Bonchev–Trinajstić information content (AvgIpc) is 0.758. The van der Waals surface area contributed by atoms with Crippen LogP contribution in [0.3, 0.4) is 0 Å². The van der Waals surface area contributed by atoms with Crippen molar-refractivity contribution >= 4 is 53.9 Å². The number of rotatable bonds is 17. The van der Waals surface area contributed by atoms with Gasteiger partial charge in [0.2, 0.25) is 0 Å². The molecule has 15 rings (SSSR count). The van der Waals surface area contributed by atoms with Crippen molar-refractivity contribution in [2.24, 2.45) is 0 Å². The maximum absolute atomic E-state index is 15.3. The minimum Gasteiger partial charge on any atom is -0.457 e. The summed E-state index contributed by atoms with van der Waals surface area (Å²) in [6.45, 7) is 8.22. The van der Waals surface area contributed by atoms with Crippen LogP contribution in [0.4, 0.5) is 0 Å². The van der Waals surface area contributed by atoms with Crippen molar-refractivity contribution in [3.05, 3.63) is 332 Å². The van der Waals surface area contributed by atoms with Gasteiger partial charge in [-0.3, -0.25) is 13.7 Å². The SMILES string of the molecule is C=CCc1cccc(Cc2cccc(Cc3cccc(CC=C)c3Oc3ccc(P4(=O)Oc5ccccc5-c5ccccc54)cc3)c2Oc2ccc(P3(=O)Oc4ccccc4-c4ccccc43)cc2)c1Oc1ccc(P2(=O)Oc3ccccc3-c3ccccc32)cc1. The van der Waals surface area contributed by atoms with E-state index in [1.807, 2.05) is 261 Å². The van der Waals surface area contributed by atoms with E-state index in [-0.39, 0.29) is 0 Å². The molecule has 0 aliphatic carbocycles. The Morgan fingerprint density at radius 3 is 0.826 bits per heavy atom. The third kappa shape index (κ3) is 10.5. The van der Waals surface area contributed by atoms with E-state index in [2.05, 4.69) is 37.4 Å². The van der Waals surface area contributed by atoms with Gasteiger partial charge in [-0.05, 0) is 172 Å². The van der Waals surface area contributed by atoms with Crippen LogP contribution in [-0.4, -0.2) is 0 Å². The monoisotopic (exact) mass is 1260 g/mol. The Hall–Kier alpha value is -10.4. The van der Waals surface area contributed by atoms with E-state index >= 15 is 13.7 Å². The van der Waals surface area contributed by atoms with Gasteiger partial charge in [0.15, 0.2) is 0 Å². The molecule has 0 bridgehead atoms. The molecule has 3 heterocycles. The quantitative estimate of drug-likeness (QED) is 0.0651. The molecule has 448 valence electrons. The predicted octanol–water partition coefficient (Wildman–Crippen LogP) is 18.6. The van der Waals surface area contributed by atoms with Gasteiger partial charge in [-0.25, -0.2) is 0 Å². The van der Waals surface area contributed by atoms with Gasteiger partial charge in [-0.2, -0.15) is 0 Å². The van der Waals surface area contributed by atoms with Crippen LogP contribution in [0.2, 0.25) is 0 Å². The Morgan fingerprint density at radius 2 is 0.533 bits per heavy atom. The number of hydrogen-bond donors (Lipinski definition) is 0. The van der Waals surface area contributed by atoms with Crippen molar-refractivity contribution in [3.63, 3.8) is 0 Å². The molecule has 0 amide bonds. The number of ether oxygens (including phenoxy) is 3. The second-order valence-corrected chi connectivity index (χ2v) is 29.7. The molecule has 0 saturated heterocycles. The van der Waals surface area contributed by atoms with Gasteiger partial charge < -0.3 is 27.8 Å². The standard InChI is InChI=1S/C80H59O9P3/c1-3-20-54-22-17-24-56(78(54)84-60-40-46-63(47-41-60)90(81)75-37-14-8-31-69(75)66-28-5-11-34-72(66)87-90)52-58-26-19-27-59(80(58)86-62-44-50-65(51-45-62)92(83)77-39-16-10-33-71(77)68-30-7-13-36-74(68)89-92)53-57-25-18-23-55(21-4-2)79(57)85-61-42-48-64(49-43-61)91(82)76-38-15-9-32-70(76)67-29-6-12-35-73(67)88-91/h3-19,22-51H,1-2,20-21,52-53H2. The second-order valence-electron chi connectivity index (χ2n) is 22.8. The largest absolute Gasteiger partial charge is 0.457 e. The lowest BCUT2D eigenvalue weighted by molar-refractivity contribution is 0.463. The van der Waals surface area contributed by atoms with Crippen LogP contribution in [0.5, 0.6) is 51.7 Å². The molecule has 3 aliphatic heterocycles. The number of fused-ring (bicyclic) bond motifs is 9. The van der Waals surface area contributed by atoms with E-state index < -0.39 is 22.1 Å². The molecule has 0 radical (unpaired) electrons. The highest BCUT2D eigenvalue weighted by atomic mass is 31.2. The van der Waals surface area contributed by atoms with Crippen LogP contribution >= 0.6 is 22.1 Å². The van der Waals surface area contributed by atoms with Crippen LogP contribution in [0.15, 0.2) is 298 Å². The highest BCUT2D eigenvalue weighted by Gasteiger charge is 2.41. The fourth-order valence-electron chi connectivity index (χ4n) is 12.7. The van der Waals surface area contributed by atoms with Gasteiger partial charge >= 0.3 is 22.1 Å². The first kappa shape index (κ1) is 58.0. The van der Waals surface area contributed by atoms with Gasteiger partial charge in [0.1, 0.15) is 51.7 Å². The Bertz CT molecular complexity index is 4800. The van der Waals surface area contributed by atoms with Crippen molar-refractivity contribution in [1.82, 2.24) is 0 Å². The summed E-state index contributed by atoms with van der Waals surface area (Å²) < 4.78 is 86.0. The lowest BCUT2D eigenvalue weighted by Crippen LogP contribution is -2.25. The first-order chi connectivity index (χ1) is 45.1. The number of allylic oxidation sites excluding steroid dienone is 2. The Kier molecular flexibility index (Phi) is 15.2. The molecule has 3 aliphatic rings. The second kappa shape index (κ2) is 24.1. The maximum Gasteiger partial charge on any atom is 0.307 e. The zero-order valence-electron chi connectivity index (χ0n) is 49.9. The molecule has 0 fully saturated rings. The predicted molar refractivity (Wildman–Crippen MR) is 370 cm³/mol. The Labute approximate surface area is 534 Å². The van der Waals surface area contributed by atoms with E-state index in [0.717, 1.165) is 66.8 Å². The van der Waals surface area contributed by atoms with E-state index in [1.165, 1.54) is 0 Å². The molecule has 0 N–H and O–H groups in total. The lowest BCUT2D eigenvalue weighted by Gasteiger charge is -2.29. The summed E-state index contributed by atoms with van der Waals surface area (Å²) in [5, 5.41) is 3.57. The summed E-state index contributed by atoms with van der Waals surface area (Å²) in [6, 6.07) is 86.8. The molecule has 3 atom stereocenters. The molecule has 9 nitrogen and oxygen atoms in total. The summed E-state index contributed by atoms with van der Waals surface area (Å²) in [6.07, 6.45) is 5.55. The van der Waals surface area contributed by atoms with E-state index in [0.29, 0.717) is 109 Å². The minimum absolute atomic E-state index is 0.383. The third-order valence-corrected chi connectivity index (χ3v) is 24.5. The molecule has 12 aromatic rings. The molecule has 0 saturated carbocycles. The molecule has 12 heteroatoms. The van der Waals surface area contributed by atoms with Crippen molar-refractivity contribution < 1.29 is 41.5 Å². The van der Waals surface area contributed by atoms with Crippen LogP contribution in [0.25, 0.3) is 33.4 Å². The fourth-order valence-corrected chi connectivity index (χ4v) is 19.5. The van der Waals surface area contributed by atoms with E-state index in [9.17, 15) is 0 Å². The van der Waals surface area contributed by atoms with Crippen LogP contribution in [-0.2, 0) is 39.4 Å². The molecule has 3 unspecified atom stereocenters. The summed E-state index contributed by atoms with van der Waals surface area (Å²) >= 11 is 0. The van der Waals surface area contributed by atoms with Gasteiger partial charge in [-0.15, -0.1) is 13.2 Å². The molecule has 12 aromatic carbocycles. The zero-order chi connectivity index (χ0) is 62.4. The van der Waals surface area contributed by atoms with Crippen LogP contribution in [0, 0.1) is 0 Å². The zero-order valence-corrected chi connectivity index (χ0v) is 52.6. The summed E-state index contributed by atoms with van der Waals surface area (Å²) in [5.41, 5.74) is 10.7. The van der Waals surface area contributed by atoms with Crippen molar-refractivity contribution in [2.75, 3.05) is 0 Å². The molecule has 0 spiro atoms. The Morgan fingerprint density at radius 1 is 0.283 bits per heavy atom. The highest BCUT2D eigenvalue weighted by molar-refractivity contribution is 7.76. The first-order valence-electron chi connectivity index (χ1n) is 30.4.